The van der Waals surface area contributed by atoms with E-state index in [1.54, 1.807) is 42.5 Å². The molecule has 0 aliphatic rings. The number of hydrogen-bond acceptors (Lipinski definition) is 6. The van der Waals surface area contributed by atoms with Gasteiger partial charge in [-0.25, -0.2) is 4.98 Å². The Morgan fingerprint density at radius 2 is 1.37 bits per heavy atom. The summed E-state index contributed by atoms with van der Waals surface area (Å²) in [6.07, 6.45) is 1.63. The highest BCUT2D eigenvalue weighted by atomic mass is 32.2. The van der Waals surface area contributed by atoms with Gasteiger partial charge in [0.05, 0.1) is 5.69 Å². The van der Waals surface area contributed by atoms with Gasteiger partial charge in [0.2, 0.25) is 5.91 Å². The summed E-state index contributed by atoms with van der Waals surface area (Å²) < 4.78 is 0. The van der Waals surface area contributed by atoms with Gasteiger partial charge < -0.3 is 16.0 Å². The van der Waals surface area contributed by atoms with Crippen molar-refractivity contribution in [3.8, 4) is 11.3 Å². The van der Waals surface area contributed by atoms with Crippen LogP contribution in [0.25, 0.3) is 17.3 Å². The summed E-state index contributed by atoms with van der Waals surface area (Å²) in [5, 5.41) is 10.6. The summed E-state index contributed by atoms with van der Waals surface area (Å²) in [5.41, 5.74) is 5.66. The molecule has 1 heterocycles. The number of thiazole rings is 1. The molecule has 6 rings (SSSR count). The van der Waals surface area contributed by atoms with E-state index in [0.29, 0.717) is 16.4 Å². The van der Waals surface area contributed by atoms with Crippen molar-refractivity contribution < 1.29 is 14.4 Å². The highest BCUT2D eigenvalue weighted by Gasteiger charge is 2.23. The number of anilines is 2. The summed E-state index contributed by atoms with van der Waals surface area (Å²) in [6, 6.07) is 43.0. The third kappa shape index (κ3) is 8.98. The Morgan fingerprint density at radius 1 is 0.735 bits per heavy atom. The van der Waals surface area contributed by atoms with Crippen LogP contribution >= 0.6 is 23.1 Å². The van der Waals surface area contributed by atoms with Crippen LogP contribution in [0.2, 0.25) is 0 Å². The molecule has 5 aromatic carbocycles. The number of carbonyl (C=O) groups is 3. The Morgan fingerprint density at radius 3 is 2.04 bits per heavy atom. The van der Waals surface area contributed by atoms with Crippen LogP contribution in [0, 0.1) is 6.92 Å². The fourth-order valence-corrected chi connectivity index (χ4v) is 6.62. The van der Waals surface area contributed by atoms with Crippen LogP contribution in [-0.2, 0) is 9.59 Å². The van der Waals surface area contributed by atoms with Crippen molar-refractivity contribution in [2.75, 3.05) is 10.6 Å². The minimum absolute atomic E-state index is 0.104. The monoisotopic (exact) mass is 680 g/mol. The van der Waals surface area contributed by atoms with E-state index in [9.17, 15) is 14.4 Å². The summed E-state index contributed by atoms with van der Waals surface area (Å²) in [5.74, 6) is -1.05. The SMILES string of the molecule is Cc1ccc(-c2csc(NC(=O)C(Sc3ccc(NC(=O)/C(=C/c4ccccc4)NC(=O)c4ccccc4)cc3)c3ccccc3)n2)cc1. The van der Waals surface area contributed by atoms with Crippen molar-refractivity contribution >= 4 is 57.7 Å². The lowest BCUT2D eigenvalue weighted by atomic mass is 10.1. The molecule has 9 heteroatoms. The molecule has 1 aromatic heterocycles. The van der Waals surface area contributed by atoms with Crippen LogP contribution in [0.4, 0.5) is 10.8 Å². The zero-order valence-electron chi connectivity index (χ0n) is 26.5. The van der Waals surface area contributed by atoms with E-state index in [-0.39, 0.29) is 17.5 Å². The Bertz CT molecular complexity index is 2060. The third-order valence-corrected chi connectivity index (χ3v) is 9.45. The highest BCUT2D eigenvalue weighted by molar-refractivity contribution is 8.00. The van der Waals surface area contributed by atoms with Crippen molar-refractivity contribution in [3.63, 3.8) is 0 Å². The van der Waals surface area contributed by atoms with Crippen molar-refractivity contribution in [3.05, 3.63) is 173 Å². The number of hydrogen-bond donors (Lipinski definition) is 3. The largest absolute Gasteiger partial charge is 0.321 e. The van der Waals surface area contributed by atoms with E-state index in [0.717, 1.165) is 27.3 Å². The fraction of sp³-hybridized carbons (Fsp3) is 0.0500. The minimum Gasteiger partial charge on any atom is -0.321 e. The van der Waals surface area contributed by atoms with Crippen LogP contribution in [0.15, 0.2) is 155 Å². The van der Waals surface area contributed by atoms with Crippen molar-refractivity contribution in [2.45, 2.75) is 17.1 Å². The Kier molecular flexibility index (Phi) is 10.7. The number of nitrogens with one attached hydrogen (secondary N) is 3. The van der Waals surface area contributed by atoms with Gasteiger partial charge in [-0.2, -0.15) is 0 Å². The van der Waals surface area contributed by atoms with Gasteiger partial charge in [0.25, 0.3) is 11.8 Å². The van der Waals surface area contributed by atoms with Gasteiger partial charge >= 0.3 is 0 Å². The number of thioether (sulfide) groups is 1. The number of carbonyl (C=O) groups excluding carboxylic acids is 3. The third-order valence-electron chi connectivity index (χ3n) is 7.43. The predicted molar refractivity (Wildman–Crippen MR) is 199 cm³/mol. The second-order valence-electron chi connectivity index (χ2n) is 11.1. The van der Waals surface area contributed by atoms with E-state index in [2.05, 4.69) is 20.9 Å². The normalized spacial score (nSPS) is 11.7. The lowest BCUT2D eigenvalue weighted by molar-refractivity contribution is -0.116. The van der Waals surface area contributed by atoms with Gasteiger partial charge in [0.1, 0.15) is 10.9 Å². The molecule has 0 radical (unpaired) electrons. The molecule has 1 atom stereocenters. The van der Waals surface area contributed by atoms with Crippen LogP contribution in [-0.4, -0.2) is 22.7 Å². The molecule has 0 spiro atoms. The van der Waals surface area contributed by atoms with E-state index >= 15 is 0 Å². The second-order valence-corrected chi connectivity index (χ2v) is 13.1. The van der Waals surface area contributed by atoms with Crippen LogP contribution < -0.4 is 16.0 Å². The first-order chi connectivity index (χ1) is 23.9. The van der Waals surface area contributed by atoms with Gasteiger partial charge in [-0.05, 0) is 60.5 Å². The number of aryl methyl sites for hydroxylation is 1. The lowest BCUT2D eigenvalue weighted by Gasteiger charge is -2.17. The maximum Gasteiger partial charge on any atom is 0.272 e. The Hall–Kier alpha value is -5.77. The number of nitrogens with zero attached hydrogens (tertiary/aromatic N) is 1. The highest BCUT2D eigenvalue weighted by Crippen LogP contribution is 2.37. The first-order valence-corrected chi connectivity index (χ1v) is 17.3. The van der Waals surface area contributed by atoms with Crippen LogP contribution in [0.1, 0.15) is 32.3 Å². The second kappa shape index (κ2) is 15.9. The van der Waals surface area contributed by atoms with Crippen molar-refractivity contribution in [2.24, 2.45) is 0 Å². The van der Waals surface area contributed by atoms with E-state index in [1.165, 1.54) is 28.7 Å². The smallest absolute Gasteiger partial charge is 0.272 e. The zero-order chi connectivity index (χ0) is 34.0. The molecule has 0 saturated heterocycles. The molecule has 0 aliphatic heterocycles. The van der Waals surface area contributed by atoms with Crippen molar-refractivity contribution in [1.82, 2.24) is 10.3 Å². The van der Waals surface area contributed by atoms with Gasteiger partial charge in [-0.15, -0.1) is 23.1 Å². The molecule has 242 valence electrons. The van der Waals surface area contributed by atoms with Gasteiger partial charge in [-0.3, -0.25) is 14.4 Å². The van der Waals surface area contributed by atoms with Crippen LogP contribution in [0.5, 0.6) is 0 Å². The van der Waals surface area contributed by atoms with E-state index in [1.807, 2.05) is 115 Å². The Labute approximate surface area is 293 Å². The van der Waals surface area contributed by atoms with Gasteiger partial charge in [0, 0.05) is 27.1 Å². The molecule has 0 aliphatic carbocycles. The van der Waals surface area contributed by atoms with E-state index in [4.69, 9.17) is 0 Å². The topological polar surface area (TPSA) is 100 Å². The van der Waals surface area contributed by atoms with Gasteiger partial charge in [0.15, 0.2) is 5.13 Å². The molecule has 7 nitrogen and oxygen atoms in total. The van der Waals surface area contributed by atoms with Crippen LogP contribution in [0.3, 0.4) is 0 Å². The average Bonchev–Trinajstić information content (AvgIpc) is 3.60. The molecule has 49 heavy (non-hydrogen) atoms. The molecule has 3 N–H and O–H groups in total. The predicted octanol–water partition coefficient (Wildman–Crippen LogP) is 9.00. The summed E-state index contributed by atoms with van der Waals surface area (Å²) >= 11 is 2.78. The summed E-state index contributed by atoms with van der Waals surface area (Å²) in [6.45, 7) is 2.04. The fourth-order valence-electron chi connectivity index (χ4n) is 4.87. The molecule has 3 amide bonds. The molecule has 0 fully saturated rings. The molecule has 0 saturated carbocycles. The minimum atomic E-state index is -0.554. The molecule has 6 aromatic rings. The summed E-state index contributed by atoms with van der Waals surface area (Å²) in [4.78, 5) is 45.5. The maximum absolute atomic E-state index is 13.7. The number of aromatic nitrogens is 1. The number of amides is 3. The number of benzene rings is 5. The quantitative estimate of drug-likeness (QED) is 0.0937. The molecular weight excluding hydrogens is 649 g/mol. The lowest BCUT2D eigenvalue weighted by Crippen LogP contribution is -2.30. The first kappa shape index (κ1) is 33.1. The van der Waals surface area contributed by atoms with E-state index < -0.39 is 11.2 Å². The first-order valence-electron chi connectivity index (χ1n) is 15.5. The standard InChI is InChI=1S/C40H32N4O3S2/c1-27-17-19-29(20-18-27)35-26-48-40(43-35)44-39(47)36(30-13-7-3-8-14-30)49-33-23-21-32(22-24-33)41-38(46)34(25-28-11-5-2-6-12-28)42-37(45)31-15-9-4-10-16-31/h2-26,36H,1H3,(H,41,46)(H,42,45)(H,43,44,47)/b34-25-. The average molecular weight is 681 g/mol. The van der Waals surface area contributed by atoms with Gasteiger partial charge in [-0.1, -0.05) is 109 Å². The summed E-state index contributed by atoms with van der Waals surface area (Å²) in [7, 11) is 0. The van der Waals surface area contributed by atoms with Crippen molar-refractivity contribution in [1.29, 1.82) is 0 Å². The number of rotatable bonds is 11. The Balaban J connectivity index is 1.16. The maximum atomic E-state index is 13.7. The molecular formula is C40H32N4O3S2. The zero-order valence-corrected chi connectivity index (χ0v) is 28.1. The molecule has 0 bridgehead atoms. The molecule has 1 unspecified atom stereocenters.